The number of amides is 1. The summed E-state index contributed by atoms with van der Waals surface area (Å²) in [6.07, 6.45) is 7.60. The molecule has 3 N–H and O–H groups in total. The van der Waals surface area contributed by atoms with Crippen LogP contribution in [0.1, 0.15) is 63.0 Å². The van der Waals surface area contributed by atoms with Crippen LogP contribution in [0.5, 0.6) is 0 Å². The summed E-state index contributed by atoms with van der Waals surface area (Å²) >= 11 is 0. The third-order valence-corrected chi connectivity index (χ3v) is 5.75. The number of fused-ring (bicyclic) bond motifs is 1. The molecule has 148 valence electrons. The summed E-state index contributed by atoms with van der Waals surface area (Å²) in [6, 6.07) is 6.29. The van der Waals surface area contributed by atoms with E-state index in [-0.39, 0.29) is 36.1 Å². The molecule has 1 aromatic carbocycles. The monoisotopic (exact) mass is 401 g/mol. The summed E-state index contributed by atoms with van der Waals surface area (Å²) in [7, 11) is 0. The Kier molecular flexibility index (Phi) is 9.39. The van der Waals surface area contributed by atoms with Gasteiger partial charge in [0.05, 0.1) is 0 Å². The molecule has 1 aliphatic heterocycles. The van der Waals surface area contributed by atoms with Crippen LogP contribution in [-0.2, 0) is 17.9 Å². The molecule has 0 unspecified atom stereocenters. The van der Waals surface area contributed by atoms with E-state index < -0.39 is 0 Å². The minimum atomic E-state index is 0. The average molecular weight is 402 g/mol. The number of hydrogen-bond donors (Lipinski definition) is 2. The van der Waals surface area contributed by atoms with Crippen LogP contribution < -0.4 is 11.1 Å². The minimum absolute atomic E-state index is 0. The molecule has 6 heteroatoms. The van der Waals surface area contributed by atoms with Crippen molar-refractivity contribution < 1.29 is 4.79 Å². The molecule has 1 fully saturated rings. The highest BCUT2D eigenvalue weighted by molar-refractivity contribution is 5.92. The predicted molar refractivity (Wildman–Crippen MR) is 113 cm³/mol. The number of anilines is 1. The van der Waals surface area contributed by atoms with E-state index in [4.69, 9.17) is 5.73 Å². The lowest BCUT2D eigenvalue weighted by Crippen LogP contribution is -2.36. The highest BCUT2D eigenvalue weighted by Gasteiger charge is 2.33. The number of nitrogens with zero attached hydrogens (tertiary/aromatic N) is 1. The van der Waals surface area contributed by atoms with Crippen molar-refractivity contribution in [1.82, 2.24) is 4.90 Å². The van der Waals surface area contributed by atoms with Crippen molar-refractivity contribution in [3.8, 4) is 0 Å². The molecule has 0 saturated heterocycles. The second kappa shape index (κ2) is 10.5. The number of halogens is 2. The van der Waals surface area contributed by atoms with Gasteiger partial charge in [-0.2, -0.15) is 0 Å². The van der Waals surface area contributed by atoms with Gasteiger partial charge in [-0.05, 0) is 55.0 Å². The van der Waals surface area contributed by atoms with Gasteiger partial charge in [-0.25, -0.2) is 0 Å². The van der Waals surface area contributed by atoms with E-state index in [0.717, 1.165) is 44.6 Å². The van der Waals surface area contributed by atoms with E-state index in [9.17, 15) is 4.79 Å². The van der Waals surface area contributed by atoms with Gasteiger partial charge in [0.1, 0.15) is 0 Å². The van der Waals surface area contributed by atoms with E-state index in [1.54, 1.807) is 0 Å². The highest BCUT2D eigenvalue weighted by atomic mass is 35.5. The molecular formula is C20H33Cl2N3O. The number of nitrogens with one attached hydrogen (secondary N) is 1. The number of carbonyl (C=O) groups excluding carboxylic acids is 1. The van der Waals surface area contributed by atoms with Crippen molar-refractivity contribution in [2.75, 3.05) is 18.4 Å². The quantitative estimate of drug-likeness (QED) is 0.737. The zero-order valence-corrected chi connectivity index (χ0v) is 17.4. The van der Waals surface area contributed by atoms with Gasteiger partial charge in [-0.15, -0.1) is 24.8 Å². The third kappa shape index (κ3) is 5.35. The lowest BCUT2D eigenvalue weighted by atomic mass is 9.71. The summed E-state index contributed by atoms with van der Waals surface area (Å²) in [4.78, 5) is 15.1. The highest BCUT2D eigenvalue weighted by Crippen LogP contribution is 2.39. The van der Waals surface area contributed by atoms with E-state index in [2.05, 4.69) is 29.3 Å². The Balaban J connectivity index is 0.00000169. The van der Waals surface area contributed by atoms with Gasteiger partial charge in [0.25, 0.3) is 0 Å². The van der Waals surface area contributed by atoms with Crippen LogP contribution in [-0.4, -0.2) is 23.9 Å². The topological polar surface area (TPSA) is 58.4 Å². The van der Waals surface area contributed by atoms with Crippen molar-refractivity contribution in [2.45, 2.75) is 65.0 Å². The first-order valence-electron chi connectivity index (χ1n) is 9.49. The van der Waals surface area contributed by atoms with Crippen LogP contribution >= 0.6 is 24.8 Å². The van der Waals surface area contributed by atoms with Crippen LogP contribution in [0.2, 0.25) is 0 Å². The molecule has 0 aromatic heterocycles. The SMILES string of the molecule is CCCN1Cc2cccc(NC(=O)CC3(CN)CCCCC3)c2C1.Cl.Cl. The molecule has 1 amide bonds. The van der Waals surface area contributed by atoms with Crippen molar-refractivity contribution >= 4 is 36.4 Å². The second-order valence-electron chi connectivity index (χ2n) is 7.64. The molecule has 3 rings (SSSR count). The first-order chi connectivity index (χ1) is 11.7. The fourth-order valence-electron chi connectivity index (χ4n) is 4.37. The molecule has 0 spiro atoms. The van der Waals surface area contributed by atoms with Crippen molar-refractivity contribution in [2.24, 2.45) is 11.1 Å². The van der Waals surface area contributed by atoms with Crippen molar-refractivity contribution in [1.29, 1.82) is 0 Å². The molecular weight excluding hydrogens is 369 g/mol. The maximum atomic E-state index is 12.7. The van der Waals surface area contributed by atoms with Crippen molar-refractivity contribution in [3.63, 3.8) is 0 Å². The van der Waals surface area contributed by atoms with Gasteiger partial charge in [-0.1, -0.05) is 38.3 Å². The number of rotatable bonds is 6. The fourth-order valence-corrected chi connectivity index (χ4v) is 4.37. The Morgan fingerprint density at radius 3 is 2.58 bits per heavy atom. The Morgan fingerprint density at radius 1 is 1.19 bits per heavy atom. The normalized spacial score (nSPS) is 18.4. The van der Waals surface area contributed by atoms with Gasteiger partial charge >= 0.3 is 0 Å². The Labute approximate surface area is 170 Å². The Morgan fingerprint density at radius 2 is 1.92 bits per heavy atom. The summed E-state index contributed by atoms with van der Waals surface area (Å²) in [6.45, 7) is 5.89. The van der Waals surface area contributed by atoms with Gasteiger partial charge in [-0.3, -0.25) is 9.69 Å². The second-order valence-corrected chi connectivity index (χ2v) is 7.64. The number of benzene rings is 1. The molecule has 1 saturated carbocycles. The van der Waals surface area contributed by atoms with E-state index in [1.807, 2.05) is 6.07 Å². The molecule has 0 radical (unpaired) electrons. The Bertz CT molecular complexity index is 588. The predicted octanol–water partition coefficient (Wildman–Crippen LogP) is 4.49. The summed E-state index contributed by atoms with van der Waals surface area (Å²) < 4.78 is 0. The maximum absolute atomic E-state index is 12.7. The largest absolute Gasteiger partial charge is 0.330 e. The standard InChI is InChI=1S/C20H31N3O.2ClH/c1-2-11-23-13-16-7-6-8-18(17(16)14-23)22-19(24)12-20(15-21)9-4-3-5-10-20;;/h6-8H,2-5,9-15,21H2,1H3,(H,22,24);2*1H. The zero-order chi connectivity index (χ0) is 17.0. The third-order valence-electron chi connectivity index (χ3n) is 5.75. The molecule has 1 aliphatic carbocycles. The fraction of sp³-hybridized carbons (Fsp3) is 0.650. The van der Waals surface area contributed by atoms with Gasteiger partial charge < -0.3 is 11.1 Å². The number of nitrogens with two attached hydrogens (primary N) is 1. The first-order valence-corrected chi connectivity index (χ1v) is 9.49. The van der Waals surface area contributed by atoms with E-state index >= 15 is 0 Å². The zero-order valence-electron chi connectivity index (χ0n) is 15.8. The van der Waals surface area contributed by atoms with Gasteiger partial charge in [0, 0.05) is 25.2 Å². The molecule has 1 aromatic rings. The number of hydrogen-bond acceptors (Lipinski definition) is 3. The van der Waals surface area contributed by atoms with Crippen LogP contribution in [0, 0.1) is 5.41 Å². The smallest absolute Gasteiger partial charge is 0.224 e. The van der Waals surface area contributed by atoms with Gasteiger partial charge in [0.2, 0.25) is 5.91 Å². The first kappa shape index (κ1) is 23.2. The minimum Gasteiger partial charge on any atom is -0.330 e. The number of carbonyl (C=O) groups is 1. The Hall–Kier alpha value is -0.810. The summed E-state index contributed by atoms with van der Waals surface area (Å²) in [5, 5.41) is 3.19. The van der Waals surface area contributed by atoms with Crippen LogP contribution in [0.3, 0.4) is 0 Å². The average Bonchev–Trinajstić information content (AvgIpc) is 3.00. The molecule has 26 heavy (non-hydrogen) atoms. The van der Waals surface area contributed by atoms with Crippen LogP contribution in [0.25, 0.3) is 0 Å². The summed E-state index contributed by atoms with van der Waals surface area (Å²) in [5.41, 5.74) is 9.71. The molecule has 0 atom stereocenters. The van der Waals surface area contributed by atoms with E-state index in [0.29, 0.717) is 13.0 Å². The van der Waals surface area contributed by atoms with E-state index in [1.165, 1.54) is 30.4 Å². The lowest BCUT2D eigenvalue weighted by molar-refractivity contribution is -0.118. The van der Waals surface area contributed by atoms with Crippen LogP contribution in [0.15, 0.2) is 18.2 Å². The molecule has 4 nitrogen and oxygen atoms in total. The van der Waals surface area contributed by atoms with Gasteiger partial charge in [0.15, 0.2) is 0 Å². The maximum Gasteiger partial charge on any atom is 0.224 e. The molecule has 0 bridgehead atoms. The molecule has 2 aliphatic rings. The lowest BCUT2D eigenvalue weighted by Gasteiger charge is -2.35. The van der Waals surface area contributed by atoms with Crippen LogP contribution in [0.4, 0.5) is 5.69 Å². The summed E-state index contributed by atoms with van der Waals surface area (Å²) in [5.74, 6) is 0.129. The van der Waals surface area contributed by atoms with Crippen molar-refractivity contribution in [3.05, 3.63) is 29.3 Å². The molecule has 1 heterocycles.